The van der Waals surface area contributed by atoms with Crippen LogP contribution >= 0.6 is 27.5 Å². The standard InChI is InChI=1S/C12H11BrN2O4S2/c1-19-6-8-4-2-3-5-10(8)21(17,18)15-12(16)11-9(13)7-20-14-11/h2-5,7H,6H2,1H3,(H,15,16). The Balaban J connectivity index is 2.31. The molecule has 0 unspecified atom stereocenters. The van der Waals surface area contributed by atoms with Gasteiger partial charge in [-0.25, -0.2) is 13.1 Å². The van der Waals surface area contributed by atoms with Crippen LogP contribution < -0.4 is 4.72 Å². The van der Waals surface area contributed by atoms with E-state index in [9.17, 15) is 13.2 Å². The van der Waals surface area contributed by atoms with Gasteiger partial charge in [-0.3, -0.25) is 4.79 Å². The Morgan fingerprint density at radius 3 is 2.76 bits per heavy atom. The monoisotopic (exact) mass is 390 g/mol. The Morgan fingerprint density at radius 1 is 1.43 bits per heavy atom. The number of halogens is 1. The molecule has 0 saturated carbocycles. The minimum Gasteiger partial charge on any atom is -0.380 e. The Labute approximate surface area is 134 Å². The fraction of sp³-hybridized carbons (Fsp3) is 0.167. The summed E-state index contributed by atoms with van der Waals surface area (Å²) < 4.78 is 35.9. The maximum absolute atomic E-state index is 12.3. The third-order valence-corrected chi connectivity index (χ3v) is 5.50. The van der Waals surface area contributed by atoms with E-state index in [1.54, 1.807) is 23.6 Å². The van der Waals surface area contributed by atoms with E-state index in [4.69, 9.17) is 4.74 Å². The van der Waals surface area contributed by atoms with Gasteiger partial charge in [0.25, 0.3) is 15.9 Å². The van der Waals surface area contributed by atoms with Crippen molar-refractivity contribution in [3.05, 3.63) is 45.4 Å². The Bertz CT molecular complexity index is 758. The predicted molar refractivity (Wildman–Crippen MR) is 81.6 cm³/mol. The van der Waals surface area contributed by atoms with Crippen LogP contribution in [0.15, 0.2) is 39.0 Å². The molecule has 1 aromatic carbocycles. The summed E-state index contributed by atoms with van der Waals surface area (Å²) >= 11 is 4.20. The molecule has 112 valence electrons. The van der Waals surface area contributed by atoms with Gasteiger partial charge in [-0.05, 0) is 39.1 Å². The van der Waals surface area contributed by atoms with Crippen LogP contribution in [-0.4, -0.2) is 25.8 Å². The summed E-state index contributed by atoms with van der Waals surface area (Å²) in [6.07, 6.45) is 0. The first-order valence-electron chi connectivity index (χ1n) is 5.69. The summed E-state index contributed by atoms with van der Waals surface area (Å²) in [5, 5.41) is 1.60. The number of rotatable bonds is 5. The average Bonchev–Trinajstić information content (AvgIpc) is 2.85. The number of hydrogen-bond donors (Lipinski definition) is 1. The van der Waals surface area contributed by atoms with Crippen molar-refractivity contribution in [1.29, 1.82) is 0 Å². The molecule has 0 aliphatic rings. The molecule has 2 rings (SSSR count). The molecular weight excluding hydrogens is 380 g/mol. The van der Waals surface area contributed by atoms with Crippen LogP contribution in [0.25, 0.3) is 0 Å². The lowest BCUT2D eigenvalue weighted by Crippen LogP contribution is -2.31. The second-order valence-corrected chi connectivity index (χ2v) is 7.12. The topological polar surface area (TPSA) is 85.4 Å². The van der Waals surface area contributed by atoms with E-state index in [0.717, 1.165) is 11.5 Å². The van der Waals surface area contributed by atoms with E-state index in [1.165, 1.54) is 13.2 Å². The first-order valence-corrected chi connectivity index (χ1v) is 8.81. The number of amides is 1. The molecule has 0 fully saturated rings. The van der Waals surface area contributed by atoms with Crippen molar-refractivity contribution in [1.82, 2.24) is 9.10 Å². The van der Waals surface area contributed by atoms with Crippen LogP contribution in [0.4, 0.5) is 0 Å². The van der Waals surface area contributed by atoms with Gasteiger partial charge in [0.1, 0.15) is 0 Å². The molecule has 0 radical (unpaired) electrons. The van der Waals surface area contributed by atoms with Gasteiger partial charge >= 0.3 is 0 Å². The molecule has 0 spiro atoms. The predicted octanol–water partition coefficient (Wildman–Crippen LogP) is 2.17. The van der Waals surface area contributed by atoms with Crippen molar-refractivity contribution < 1.29 is 17.9 Å². The van der Waals surface area contributed by atoms with E-state index in [-0.39, 0.29) is 17.2 Å². The van der Waals surface area contributed by atoms with Crippen molar-refractivity contribution >= 4 is 43.4 Å². The first-order chi connectivity index (χ1) is 9.95. The van der Waals surface area contributed by atoms with Gasteiger partial charge < -0.3 is 4.74 Å². The molecular formula is C12H11BrN2O4S2. The molecule has 0 aliphatic carbocycles. The molecule has 0 bridgehead atoms. The summed E-state index contributed by atoms with van der Waals surface area (Å²) in [5.74, 6) is -0.782. The number of ether oxygens (including phenoxy) is 1. The van der Waals surface area contributed by atoms with Gasteiger partial charge in [-0.15, -0.1) is 0 Å². The smallest absolute Gasteiger partial charge is 0.285 e. The van der Waals surface area contributed by atoms with Crippen molar-refractivity contribution in [2.75, 3.05) is 7.11 Å². The number of nitrogens with zero attached hydrogens (tertiary/aromatic N) is 1. The molecule has 6 nitrogen and oxygen atoms in total. The van der Waals surface area contributed by atoms with Crippen molar-refractivity contribution in [2.24, 2.45) is 0 Å². The zero-order chi connectivity index (χ0) is 15.5. The lowest BCUT2D eigenvalue weighted by molar-refractivity contribution is 0.0977. The highest BCUT2D eigenvalue weighted by Crippen LogP contribution is 2.20. The molecule has 1 N–H and O–H groups in total. The summed E-state index contributed by atoms with van der Waals surface area (Å²) in [6.45, 7) is 0.131. The Hall–Kier alpha value is -1.29. The van der Waals surface area contributed by atoms with Gasteiger partial charge in [0, 0.05) is 12.5 Å². The fourth-order valence-corrected chi connectivity index (χ4v) is 4.00. The number of methoxy groups -OCH3 is 1. The molecule has 21 heavy (non-hydrogen) atoms. The number of sulfonamides is 1. The van der Waals surface area contributed by atoms with Crippen molar-refractivity contribution in [2.45, 2.75) is 11.5 Å². The largest absolute Gasteiger partial charge is 0.380 e. The zero-order valence-electron chi connectivity index (χ0n) is 10.9. The quantitative estimate of drug-likeness (QED) is 0.845. The molecule has 1 amide bonds. The summed E-state index contributed by atoms with van der Waals surface area (Å²) in [4.78, 5) is 12.0. The first kappa shape index (κ1) is 16.1. The highest BCUT2D eigenvalue weighted by molar-refractivity contribution is 9.10. The number of carbonyl (C=O) groups is 1. The lowest BCUT2D eigenvalue weighted by Gasteiger charge is -2.10. The number of hydrogen-bond acceptors (Lipinski definition) is 6. The zero-order valence-corrected chi connectivity index (χ0v) is 14.1. The van der Waals surface area contributed by atoms with E-state index in [2.05, 4.69) is 20.3 Å². The van der Waals surface area contributed by atoms with E-state index in [0.29, 0.717) is 10.0 Å². The highest BCUT2D eigenvalue weighted by Gasteiger charge is 2.23. The summed E-state index contributed by atoms with van der Waals surface area (Å²) in [5.41, 5.74) is 0.505. The minimum atomic E-state index is -3.99. The molecule has 1 heterocycles. The second-order valence-electron chi connectivity index (χ2n) is 3.99. The van der Waals surface area contributed by atoms with Gasteiger partial charge in [0.05, 0.1) is 16.0 Å². The van der Waals surface area contributed by atoms with Crippen LogP contribution in [0.2, 0.25) is 0 Å². The number of nitrogens with one attached hydrogen (secondary N) is 1. The van der Waals surface area contributed by atoms with Gasteiger partial charge in [0.15, 0.2) is 5.69 Å². The molecule has 0 saturated heterocycles. The highest BCUT2D eigenvalue weighted by atomic mass is 79.9. The number of carbonyl (C=O) groups excluding carboxylic acids is 1. The van der Waals surface area contributed by atoms with E-state index >= 15 is 0 Å². The van der Waals surface area contributed by atoms with Gasteiger partial charge in [0.2, 0.25) is 0 Å². The Morgan fingerprint density at radius 2 is 2.14 bits per heavy atom. The molecule has 0 aliphatic heterocycles. The molecule has 1 aromatic heterocycles. The second kappa shape index (κ2) is 6.65. The van der Waals surface area contributed by atoms with E-state index in [1.807, 2.05) is 4.72 Å². The van der Waals surface area contributed by atoms with Gasteiger partial charge in [-0.2, -0.15) is 4.37 Å². The summed E-state index contributed by atoms with van der Waals surface area (Å²) in [7, 11) is -2.52. The SMILES string of the molecule is COCc1ccccc1S(=O)(=O)NC(=O)c1nscc1Br. The van der Waals surface area contributed by atoms with Crippen LogP contribution in [0.5, 0.6) is 0 Å². The lowest BCUT2D eigenvalue weighted by atomic mass is 10.2. The Kier molecular flexibility index (Phi) is 5.09. The van der Waals surface area contributed by atoms with Crippen LogP contribution in [0.3, 0.4) is 0 Å². The number of aromatic nitrogens is 1. The number of benzene rings is 1. The van der Waals surface area contributed by atoms with Crippen LogP contribution in [0, 0.1) is 0 Å². The fourth-order valence-electron chi connectivity index (χ4n) is 1.64. The van der Waals surface area contributed by atoms with Crippen molar-refractivity contribution in [3.63, 3.8) is 0 Å². The molecule has 9 heteroatoms. The summed E-state index contributed by atoms with van der Waals surface area (Å²) in [6, 6.07) is 6.32. The third-order valence-electron chi connectivity index (χ3n) is 2.53. The van der Waals surface area contributed by atoms with Crippen LogP contribution in [0.1, 0.15) is 16.1 Å². The van der Waals surface area contributed by atoms with E-state index < -0.39 is 15.9 Å². The van der Waals surface area contributed by atoms with Crippen LogP contribution in [-0.2, 0) is 21.4 Å². The maximum atomic E-state index is 12.3. The molecule has 2 aromatic rings. The van der Waals surface area contributed by atoms with Crippen molar-refractivity contribution in [3.8, 4) is 0 Å². The minimum absolute atomic E-state index is 0.00607. The molecule has 0 atom stereocenters. The normalized spacial score (nSPS) is 11.3. The maximum Gasteiger partial charge on any atom is 0.285 e. The average molecular weight is 391 g/mol. The third kappa shape index (κ3) is 3.67. The van der Waals surface area contributed by atoms with Gasteiger partial charge in [-0.1, -0.05) is 18.2 Å².